The van der Waals surface area contributed by atoms with E-state index < -0.39 is 0 Å². The highest BCUT2D eigenvalue weighted by molar-refractivity contribution is 5.92. The smallest absolute Gasteiger partial charge is 0.238 e. The second kappa shape index (κ2) is 6.81. The summed E-state index contributed by atoms with van der Waals surface area (Å²) in [6, 6.07) is 6.07. The average Bonchev–Trinajstić information content (AvgIpc) is 2.43. The molecular weight excluding hydrogens is 257 g/mol. The predicted octanol–water partition coefficient (Wildman–Crippen LogP) is 1.82. The fraction of sp³-hybridized carbons (Fsp3) is 0.533. The van der Waals surface area contributed by atoms with Gasteiger partial charge in [-0.15, -0.1) is 0 Å². The number of hydrogen-bond acceptors (Lipinski definition) is 3. The van der Waals surface area contributed by atoms with E-state index in [0.29, 0.717) is 24.7 Å². The van der Waals surface area contributed by atoms with Gasteiger partial charge in [0, 0.05) is 18.3 Å². The molecule has 2 unspecified atom stereocenters. The minimum atomic E-state index is -0.309. The Labute approximate surface area is 119 Å². The number of carbonyl (C=O) groups is 1. The van der Waals surface area contributed by atoms with Crippen LogP contribution in [0, 0.1) is 11.7 Å². The van der Waals surface area contributed by atoms with Crippen LogP contribution in [-0.4, -0.2) is 36.5 Å². The number of piperidine rings is 1. The molecule has 5 heteroatoms. The predicted molar refractivity (Wildman–Crippen MR) is 77.8 cm³/mol. The molecular formula is C15H22FN3O. The Balaban J connectivity index is 1.88. The molecule has 0 bridgehead atoms. The maximum absolute atomic E-state index is 12.8. The minimum absolute atomic E-state index is 0.0791. The third-order valence-corrected chi connectivity index (χ3v) is 3.85. The van der Waals surface area contributed by atoms with E-state index in [2.05, 4.69) is 17.1 Å². The van der Waals surface area contributed by atoms with Crippen LogP contribution < -0.4 is 11.1 Å². The van der Waals surface area contributed by atoms with Gasteiger partial charge in [-0.1, -0.05) is 6.92 Å². The Bertz CT molecular complexity index is 449. The van der Waals surface area contributed by atoms with Crippen molar-refractivity contribution < 1.29 is 9.18 Å². The van der Waals surface area contributed by atoms with Crippen molar-refractivity contribution in [2.24, 2.45) is 11.7 Å². The zero-order chi connectivity index (χ0) is 14.5. The summed E-state index contributed by atoms with van der Waals surface area (Å²) in [6.07, 6.45) is 2.14. The SMILES string of the molecule is CC1CCN(CC(=O)Nc2ccc(F)cc2)C(CN)C1. The molecule has 0 aromatic heterocycles. The highest BCUT2D eigenvalue weighted by Gasteiger charge is 2.26. The summed E-state index contributed by atoms with van der Waals surface area (Å²) in [5.41, 5.74) is 6.40. The number of anilines is 1. The van der Waals surface area contributed by atoms with E-state index in [1.165, 1.54) is 12.1 Å². The number of rotatable bonds is 4. The van der Waals surface area contributed by atoms with Crippen molar-refractivity contribution in [3.63, 3.8) is 0 Å². The van der Waals surface area contributed by atoms with E-state index in [0.717, 1.165) is 19.4 Å². The lowest BCUT2D eigenvalue weighted by Crippen LogP contribution is -2.49. The van der Waals surface area contributed by atoms with Crippen LogP contribution in [0.1, 0.15) is 19.8 Å². The Morgan fingerprint density at radius 2 is 2.15 bits per heavy atom. The van der Waals surface area contributed by atoms with Crippen LogP contribution in [0.3, 0.4) is 0 Å². The molecule has 2 rings (SSSR count). The number of amides is 1. The quantitative estimate of drug-likeness (QED) is 0.884. The van der Waals surface area contributed by atoms with Gasteiger partial charge in [0.15, 0.2) is 0 Å². The third kappa shape index (κ3) is 4.02. The fourth-order valence-electron chi connectivity index (χ4n) is 2.67. The summed E-state index contributed by atoms with van der Waals surface area (Å²) in [4.78, 5) is 14.2. The first-order chi connectivity index (χ1) is 9.58. The zero-order valence-corrected chi connectivity index (χ0v) is 11.8. The van der Waals surface area contributed by atoms with Crippen molar-refractivity contribution in [2.75, 3.05) is 25.0 Å². The van der Waals surface area contributed by atoms with Crippen molar-refractivity contribution >= 4 is 11.6 Å². The third-order valence-electron chi connectivity index (χ3n) is 3.85. The summed E-state index contributed by atoms with van der Waals surface area (Å²) in [7, 11) is 0. The molecule has 1 saturated heterocycles. The van der Waals surface area contributed by atoms with Crippen molar-refractivity contribution in [3.05, 3.63) is 30.1 Å². The van der Waals surface area contributed by atoms with Crippen molar-refractivity contribution in [2.45, 2.75) is 25.8 Å². The Morgan fingerprint density at radius 3 is 2.80 bits per heavy atom. The molecule has 1 aromatic carbocycles. The normalized spacial score (nSPS) is 23.6. The topological polar surface area (TPSA) is 58.4 Å². The maximum atomic E-state index is 12.8. The summed E-state index contributed by atoms with van der Waals surface area (Å²) in [5, 5.41) is 2.78. The van der Waals surface area contributed by atoms with Gasteiger partial charge in [0.1, 0.15) is 5.82 Å². The molecule has 0 aliphatic carbocycles. The number of benzene rings is 1. The van der Waals surface area contributed by atoms with Crippen molar-refractivity contribution in [3.8, 4) is 0 Å². The van der Waals surface area contributed by atoms with Gasteiger partial charge in [0.25, 0.3) is 0 Å². The number of nitrogens with one attached hydrogen (secondary N) is 1. The van der Waals surface area contributed by atoms with E-state index >= 15 is 0 Å². The van der Waals surface area contributed by atoms with Gasteiger partial charge in [0.2, 0.25) is 5.91 Å². The van der Waals surface area contributed by atoms with Gasteiger partial charge in [0.05, 0.1) is 6.54 Å². The van der Waals surface area contributed by atoms with Crippen LogP contribution in [0.2, 0.25) is 0 Å². The molecule has 4 nitrogen and oxygen atoms in total. The molecule has 0 radical (unpaired) electrons. The van der Waals surface area contributed by atoms with Crippen LogP contribution in [0.4, 0.5) is 10.1 Å². The van der Waals surface area contributed by atoms with Crippen molar-refractivity contribution in [1.29, 1.82) is 0 Å². The standard InChI is InChI=1S/C15H22FN3O/c1-11-6-7-19(14(8-11)9-17)10-15(20)18-13-4-2-12(16)3-5-13/h2-5,11,14H,6-10,17H2,1H3,(H,18,20). The largest absolute Gasteiger partial charge is 0.329 e. The molecule has 20 heavy (non-hydrogen) atoms. The molecule has 2 atom stereocenters. The first-order valence-corrected chi connectivity index (χ1v) is 7.08. The molecule has 1 amide bonds. The van der Waals surface area contributed by atoms with Crippen LogP contribution in [0.15, 0.2) is 24.3 Å². The number of nitrogens with zero attached hydrogens (tertiary/aromatic N) is 1. The second-order valence-corrected chi connectivity index (χ2v) is 5.54. The number of likely N-dealkylation sites (tertiary alicyclic amines) is 1. The lowest BCUT2D eigenvalue weighted by molar-refractivity contribution is -0.118. The van der Waals surface area contributed by atoms with Crippen LogP contribution in [0.5, 0.6) is 0 Å². The Morgan fingerprint density at radius 1 is 1.45 bits per heavy atom. The summed E-state index contributed by atoms with van der Waals surface area (Å²) in [6.45, 7) is 4.04. The summed E-state index contributed by atoms with van der Waals surface area (Å²) in [5.74, 6) is 0.279. The van der Waals surface area contributed by atoms with Crippen LogP contribution in [-0.2, 0) is 4.79 Å². The Kier molecular flexibility index (Phi) is 5.09. The molecule has 0 saturated carbocycles. The molecule has 1 aromatic rings. The molecule has 1 heterocycles. The van der Waals surface area contributed by atoms with Crippen LogP contribution in [0.25, 0.3) is 0 Å². The van der Waals surface area contributed by atoms with E-state index in [4.69, 9.17) is 5.73 Å². The number of carbonyl (C=O) groups excluding carboxylic acids is 1. The van der Waals surface area contributed by atoms with Gasteiger partial charge in [-0.3, -0.25) is 9.69 Å². The molecule has 110 valence electrons. The molecule has 0 spiro atoms. The van der Waals surface area contributed by atoms with E-state index in [1.54, 1.807) is 12.1 Å². The second-order valence-electron chi connectivity index (χ2n) is 5.54. The van der Waals surface area contributed by atoms with Crippen molar-refractivity contribution in [1.82, 2.24) is 4.90 Å². The summed E-state index contributed by atoms with van der Waals surface area (Å²) >= 11 is 0. The van der Waals surface area contributed by atoms with Gasteiger partial charge in [-0.25, -0.2) is 4.39 Å². The van der Waals surface area contributed by atoms with E-state index in [9.17, 15) is 9.18 Å². The molecule has 3 N–H and O–H groups in total. The number of halogens is 1. The lowest BCUT2D eigenvalue weighted by atomic mass is 9.92. The molecule has 1 aliphatic rings. The number of nitrogens with two attached hydrogens (primary N) is 1. The highest BCUT2D eigenvalue weighted by Crippen LogP contribution is 2.21. The summed E-state index contributed by atoms with van der Waals surface area (Å²) < 4.78 is 12.8. The zero-order valence-electron chi connectivity index (χ0n) is 11.8. The molecule has 1 aliphatic heterocycles. The average molecular weight is 279 g/mol. The fourth-order valence-corrected chi connectivity index (χ4v) is 2.67. The highest BCUT2D eigenvalue weighted by atomic mass is 19.1. The van der Waals surface area contributed by atoms with Crippen LogP contribution >= 0.6 is 0 Å². The Hall–Kier alpha value is -1.46. The minimum Gasteiger partial charge on any atom is -0.329 e. The number of hydrogen-bond donors (Lipinski definition) is 2. The molecule has 1 fully saturated rings. The van der Waals surface area contributed by atoms with E-state index in [-0.39, 0.29) is 17.8 Å². The lowest BCUT2D eigenvalue weighted by Gasteiger charge is -2.37. The monoisotopic (exact) mass is 279 g/mol. The first-order valence-electron chi connectivity index (χ1n) is 7.08. The maximum Gasteiger partial charge on any atom is 0.238 e. The van der Waals surface area contributed by atoms with Gasteiger partial charge in [-0.2, -0.15) is 0 Å². The van der Waals surface area contributed by atoms with Gasteiger partial charge >= 0.3 is 0 Å². The van der Waals surface area contributed by atoms with E-state index in [1.807, 2.05) is 0 Å². The van der Waals surface area contributed by atoms with Gasteiger partial charge < -0.3 is 11.1 Å². The first kappa shape index (κ1) is 14.9. The van der Waals surface area contributed by atoms with Gasteiger partial charge in [-0.05, 0) is 49.6 Å².